The van der Waals surface area contributed by atoms with Gasteiger partial charge in [0.05, 0.1) is 25.3 Å². The molecule has 1 amide bonds. The van der Waals surface area contributed by atoms with Crippen LogP contribution in [0.4, 0.5) is 4.79 Å². The number of nitrogens with zero attached hydrogens (tertiary/aromatic N) is 1. The molecular weight excluding hydrogens is 194 g/mol. The normalized spacial score (nSPS) is 28.7. The Morgan fingerprint density at radius 2 is 2.08 bits per heavy atom. The van der Waals surface area contributed by atoms with Gasteiger partial charge in [-0.2, -0.15) is 0 Å². The molecule has 0 radical (unpaired) electrons. The zero-order valence-corrected chi connectivity index (χ0v) is 8.58. The molecule has 1 saturated heterocycles. The monoisotopic (exact) mass is 207 g/mol. The molecule has 13 heavy (non-hydrogen) atoms. The summed E-state index contributed by atoms with van der Waals surface area (Å²) >= 11 is 5.31. The van der Waals surface area contributed by atoms with Gasteiger partial charge in [0, 0.05) is 0 Å². The van der Waals surface area contributed by atoms with E-state index in [2.05, 4.69) is 0 Å². The second-order valence-corrected chi connectivity index (χ2v) is 3.38. The van der Waals surface area contributed by atoms with Crippen LogP contribution < -0.4 is 0 Å². The molecule has 0 saturated carbocycles. The highest BCUT2D eigenvalue weighted by molar-refractivity contribution is 6.17. The fraction of sp³-hybridized carbons (Fsp3) is 0.875. The molecule has 0 N–H and O–H groups in total. The van der Waals surface area contributed by atoms with Gasteiger partial charge in [-0.15, -0.1) is 0 Å². The first-order chi connectivity index (χ1) is 6.16. The molecule has 0 spiro atoms. The molecule has 0 aromatic carbocycles. The summed E-state index contributed by atoms with van der Waals surface area (Å²) in [5.41, 5.74) is 0. The third kappa shape index (κ3) is 2.48. The molecular formula is C8H14ClNO3. The van der Waals surface area contributed by atoms with Crippen molar-refractivity contribution in [2.24, 2.45) is 0 Å². The zero-order valence-electron chi connectivity index (χ0n) is 7.83. The fourth-order valence-corrected chi connectivity index (χ4v) is 1.58. The van der Waals surface area contributed by atoms with Crippen molar-refractivity contribution in [3.05, 3.63) is 0 Å². The van der Waals surface area contributed by atoms with Gasteiger partial charge in [0.1, 0.15) is 0 Å². The zero-order chi connectivity index (χ0) is 9.84. The Bertz CT molecular complexity index is 178. The minimum Gasteiger partial charge on any atom is -0.433 e. The van der Waals surface area contributed by atoms with E-state index in [-0.39, 0.29) is 24.2 Å². The number of rotatable bonds is 1. The first-order valence-corrected chi connectivity index (χ1v) is 4.79. The highest BCUT2D eigenvalue weighted by Crippen LogP contribution is 2.14. The second kappa shape index (κ2) is 4.67. The minimum atomic E-state index is -0.363. The van der Waals surface area contributed by atoms with Gasteiger partial charge in [-0.25, -0.2) is 4.79 Å². The Morgan fingerprint density at radius 3 is 2.54 bits per heavy atom. The third-order valence-electron chi connectivity index (χ3n) is 2.06. The molecule has 76 valence electrons. The summed E-state index contributed by atoms with van der Waals surface area (Å²) in [5, 5.41) is 0. The first-order valence-electron chi connectivity index (χ1n) is 4.25. The highest BCUT2D eigenvalue weighted by Gasteiger charge is 2.30. The lowest BCUT2D eigenvalue weighted by Crippen LogP contribution is -2.52. The van der Waals surface area contributed by atoms with E-state index in [9.17, 15) is 4.79 Å². The molecule has 4 nitrogen and oxygen atoms in total. The number of alkyl halides is 1. The molecule has 0 aromatic heterocycles. The Hall–Kier alpha value is -0.480. The van der Waals surface area contributed by atoms with Crippen LogP contribution in [0, 0.1) is 0 Å². The Morgan fingerprint density at radius 1 is 1.54 bits per heavy atom. The Labute approximate surface area is 82.7 Å². The summed E-state index contributed by atoms with van der Waals surface area (Å²) in [7, 11) is 0. The lowest BCUT2D eigenvalue weighted by molar-refractivity contribution is -0.0306. The largest absolute Gasteiger partial charge is 0.433 e. The lowest BCUT2D eigenvalue weighted by Gasteiger charge is -2.37. The van der Waals surface area contributed by atoms with Gasteiger partial charge in [0.15, 0.2) is 6.07 Å². The number of hydrogen-bond donors (Lipinski definition) is 0. The number of carbonyl (C=O) groups excluding carboxylic acids is 1. The number of hydrogen-bond acceptors (Lipinski definition) is 3. The van der Waals surface area contributed by atoms with Crippen molar-refractivity contribution in [2.75, 3.05) is 19.3 Å². The predicted octanol–water partition coefficient (Wildman–Crippen LogP) is 1.43. The van der Waals surface area contributed by atoms with E-state index < -0.39 is 0 Å². The molecule has 0 bridgehead atoms. The second-order valence-electron chi connectivity index (χ2n) is 3.16. The average Bonchev–Trinajstić information content (AvgIpc) is 2.04. The molecule has 0 aromatic rings. The summed E-state index contributed by atoms with van der Waals surface area (Å²) in [5.74, 6) is 0. The van der Waals surface area contributed by atoms with Crippen LogP contribution >= 0.6 is 11.6 Å². The molecule has 1 heterocycles. The SMILES string of the molecule is CC1COCC(C)N1C(=O)OCCl. The molecule has 0 aliphatic carbocycles. The van der Waals surface area contributed by atoms with Gasteiger partial charge in [-0.1, -0.05) is 11.6 Å². The molecule has 1 fully saturated rings. The Balaban J connectivity index is 2.57. The van der Waals surface area contributed by atoms with Crippen molar-refractivity contribution in [1.29, 1.82) is 0 Å². The summed E-state index contributed by atoms with van der Waals surface area (Å²) in [6.07, 6.45) is -0.363. The quantitative estimate of drug-likeness (QED) is 0.611. The summed E-state index contributed by atoms with van der Waals surface area (Å²) in [6, 6.07) is 0.00857. The Kier molecular flexibility index (Phi) is 3.81. The number of halogens is 1. The van der Waals surface area contributed by atoms with Crippen LogP contribution in [0.5, 0.6) is 0 Å². The van der Waals surface area contributed by atoms with Crippen molar-refractivity contribution in [3.63, 3.8) is 0 Å². The van der Waals surface area contributed by atoms with E-state index in [0.717, 1.165) is 0 Å². The maximum atomic E-state index is 11.4. The fourth-order valence-electron chi connectivity index (χ4n) is 1.49. The van der Waals surface area contributed by atoms with Crippen molar-refractivity contribution in [3.8, 4) is 0 Å². The number of ether oxygens (including phenoxy) is 2. The van der Waals surface area contributed by atoms with E-state index >= 15 is 0 Å². The number of carbonyl (C=O) groups is 1. The third-order valence-corrected chi connectivity index (χ3v) is 2.17. The molecule has 1 aliphatic heterocycles. The van der Waals surface area contributed by atoms with Gasteiger partial charge < -0.3 is 9.47 Å². The number of morpholine rings is 1. The van der Waals surface area contributed by atoms with Crippen LogP contribution in [0.3, 0.4) is 0 Å². The minimum absolute atomic E-state index is 0.0551. The van der Waals surface area contributed by atoms with E-state index in [1.54, 1.807) is 4.90 Å². The molecule has 2 unspecified atom stereocenters. The maximum absolute atomic E-state index is 11.4. The van der Waals surface area contributed by atoms with Gasteiger partial charge in [-0.05, 0) is 13.8 Å². The molecule has 1 rings (SSSR count). The van der Waals surface area contributed by atoms with E-state index in [1.165, 1.54) is 0 Å². The topological polar surface area (TPSA) is 38.8 Å². The molecule has 2 atom stereocenters. The van der Waals surface area contributed by atoms with Gasteiger partial charge in [0.25, 0.3) is 0 Å². The summed E-state index contributed by atoms with van der Waals surface area (Å²) in [6.45, 7) is 4.96. The summed E-state index contributed by atoms with van der Waals surface area (Å²) < 4.78 is 9.99. The van der Waals surface area contributed by atoms with E-state index in [4.69, 9.17) is 21.1 Å². The van der Waals surface area contributed by atoms with E-state index in [1.807, 2.05) is 13.8 Å². The van der Waals surface area contributed by atoms with Crippen LogP contribution in [0.15, 0.2) is 0 Å². The van der Waals surface area contributed by atoms with Crippen LogP contribution in [-0.4, -0.2) is 42.4 Å². The van der Waals surface area contributed by atoms with Crippen molar-refractivity contribution in [1.82, 2.24) is 4.90 Å². The average molecular weight is 208 g/mol. The van der Waals surface area contributed by atoms with Crippen LogP contribution in [0.25, 0.3) is 0 Å². The van der Waals surface area contributed by atoms with Gasteiger partial charge in [-0.3, -0.25) is 4.90 Å². The van der Waals surface area contributed by atoms with Gasteiger partial charge in [0.2, 0.25) is 0 Å². The predicted molar refractivity (Wildman–Crippen MR) is 48.8 cm³/mol. The summed E-state index contributed by atoms with van der Waals surface area (Å²) in [4.78, 5) is 13.0. The van der Waals surface area contributed by atoms with Gasteiger partial charge >= 0.3 is 6.09 Å². The van der Waals surface area contributed by atoms with Crippen LogP contribution in [-0.2, 0) is 9.47 Å². The van der Waals surface area contributed by atoms with Crippen molar-refractivity contribution in [2.45, 2.75) is 25.9 Å². The van der Waals surface area contributed by atoms with Crippen LogP contribution in [0.2, 0.25) is 0 Å². The van der Waals surface area contributed by atoms with Crippen LogP contribution in [0.1, 0.15) is 13.8 Å². The molecule has 5 heteroatoms. The van der Waals surface area contributed by atoms with Crippen molar-refractivity contribution >= 4 is 17.7 Å². The lowest BCUT2D eigenvalue weighted by atomic mass is 10.2. The maximum Gasteiger partial charge on any atom is 0.411 e. The van der Waals surface area contributed by atoms with E-state index in [0.29, 0.717) is 13.2 Å². The molecule has 1 aliphatic rings. The van der Waals surface area contributed by atoms with Crippen molar-refractivity contribution < 1.29 is 14.3 Å². The smallest absolute Gasteiger partial charge is 0.411 e. The highest BCUT2D eigenvalue weighted by atomic mass is 35.5. The standard InChI is InChI=1S/C8H14ClNO3/c1-6-3-12-4-7(2)10(6)8(11)13-5-9/h6-7H,3-5H2,1-2H3. The first kappa shape index (κ1) is 10.6. The number of amides is 1.